The summed E-state index contributed by atoms with van der Waals surface area (Å²) in [6.07, 6.45) is 1.23. The van der Waals surface area contributed by atoms with E-state index in [9.17, 15) is 24.3 Å². The molecule has 0 spiro atoms. The van der Waals surface area contributed by atoms with Gasteiger partial charge in [-0.15, -0.1) is 11.8 Å². The fourth-order valence-electron chi connectivity index (χ4n) is 3.83. The van der Waals surface area contributed by atoms with Gasteiger partial charge in [0.15, 0.2) is 0 Å². The molecule has 10 heteroatoms. The van der Waals surface area contributed by atoms with Gasteiger partial charge in [0.05, 0.1) is 7.11 Å². The summed E-state index contributed by atoms with van der Waals surface area (Å²) >= 11 is 1.36. The molecule has 166 valence electrons. The Morgan fingerprint density at radius 2 is 1.90 bits per heavy atom. The third kappa shape index (κ3) is 4.39. The summed E-state index contributed by atoms with van der Waals surface area (Å²) in [5.41, 5.74) is 1.06. The number of esters is 1. The summed E-state index contributed by atoms with van der Waals surface area (Å²) in [4.78, 5) is 50.3. The van der Waals surface area contributed by atoms with Gasteiger partial charge in [0, 0.05) is 16.5 Å². The van der Waals surface area contributed by atoms with Crippen LogP contribution in [0.1, 0.15) is 32.4 Å². The van der Waals surface area contributed by atoms with Gasteiger partial charge in [-0.3, -0.25) is 9.59 Å². The van der Waals surface area contributed by atoms with E-state index in [-0.39, 0.29) is 0 Å². The quantitative estimate of drug-likeness (QED) is 0.322. The maximum atomic E-state index is 13.1. The number of nitrogens with zero attached hydrogens (tertiary/aromatic N) is 1. The third-order valence-corrected chi connectivity index (χ3v) is 6.85. The van der Waals surface area contributed by atoms with Crippen LogP contribution in [-0.2, 0) is 23.9 Å². The fraction of sp³-hybridized carbons (Fsp3) is 0.429. The van der Waals surface area contributed by atoms with Crippen LogP contribution in [0.2, 0.25) is 0 Å². The van der Waals surface area contributed by atoms with Crippen LogP contribution in [0.5, 0.6) is 0 Å². The average molecular weight is 448 g/mol. The molecule has 0 aromatic heterocycles. The molecule has 0 bridgehead atoms. The Morgan fingerprint density at radius 1 is 1.26 bits per heavy atom. The Kier molecular flexibility index (Phi) is 6.30. The molecular formula is C21H25N3O6S. The van der Waals surface area contributed by atoms with Crippen molar-refractivity contribution in [1.82, 2.24) is 15.5 Å². The van der Waals surface area contributed by atoms with Crippen molar-refractivity contribution in [3.05, 3.63) is 47.7 Å². The molecule has 2 saturated heterocycles. The van der Waals surface area contributed by atoms with E-state index in [0.717, 1.165) is 0 Å². The smallest absolute Gasteiger partial charge is 0.332 e. The number of rotatable bonds is 7. The summed E-state index contributed by atoms with van der Waals surface area (Å²) in [6.45, 7) is 5.18. The Hall–Kier alpha value is -3.01. The number of thioether (sulfide) groups is 1. The summed E-state index contributed by atoms with van der Waals surface area (Å²) < 4.78 is 3.94. The van der Waals surface area contributed by atoms with Gasteiger partial charge in [-0.1, -0.05) is 30.3 Å². The maximum absolute atomic E-state index is 13.1. The van der Waals surface area contributed by atoms with Crippen LogP contribution < -0.4 is 10.6 Å². The molecule has 2 heterocycles. The first-order valence-corrected chi connectivity index (χ1v) is 10.6. The minimum absolute atomic E-state index is 0.416. The minimum atomic E-state index is -1.06. The Bertz CT molecular complexity index is 932. The maximum Gasteiger partial charge on any atom is 0.332 e. The Balaban J connectivity index is 1.79. The monoisotopic (exact) mass is 447 g/mol. The number of hydrogen-bond donors (Lipinski definition) is 3. The van der Waals surface area contributed by atoms with Crippen LogP contribution in [0.4, 0.5) is 0 Å². The molecule has 9 nitrogen and oxygen atoms in total. The molecule has 1 aromatic rings. The number of carbonyl (C=O) groups is 4. The van der Waals surface area contributed by atoms with Crippen molar-refractivity contribution >= 4 is 35.5 Å². The predicted octanol–water partition coefficient (Wildman–Crippen LogP) is 1.03. The van der Waals surface area contributed by atoms with Gasteiger partial charge in [-0.05, 0) is 26.3 Å². The lowest BCUT2D eigenvalue weighted by molar-refractivity contribution is -0.161. The van der Waals surface area contributed by atoms with Gasteiger partial charge in [0.2, 0.25) is 11.8 Å². The minimum Gasteiger partial charge on any atom is -0.480 e. The lowest BCUT2D eigenvalue weighted by Gasteiger charge is -2.44. The number of hydrogen-bond acceptors (Lipinski definition) is 7. The van der Waals surface area contributed by atoms with Crippen LogP contribution in [-0.4, -0.2) is 63.1 Å². The number of methoxy groups -OCH3 is 1. The highest BCUT2D eigenvalue weighted by Gasteiger charge is 2.64. The highest BCUT2D eigenvalue weighted by molar-refractivity contribution is 8.01. The second kappa shape index (κ2) is 8.62. The van der Waals surface area contributed by atoms with Crippen molar-refractivity contribution in [3.63, 3.8) is 0 Å². The Labute approximate surface area is 184 Å². The van der Waals surface area contributed by atoms with Crippen LogP contribution in [0.15, 0.2) is 42.1 Å². The van der Waals surface area contributed by atoms with Gasteiger partial charge in [0.25, 0.3) is 0 Å². The fourth-order valence-corrected chi connectivity index (χ4v) is 5.46. The molecule has 2 aliphatic rings. The normalized spacial score (nSPS) is 25.2. The highest BCUT2D eigenvalue weighted by Crippen LogP contribution is 2.50. The van der Waals surface area contributed by atoms with Gasteiger partial charge in [0.1, 0.15) is 23.5 Å². The number of β-lactam (4-membered cyclic amide) rings is 1. The number of allylic oxidation sites excluding steroid dienone is 1. The SMILES string of the molecule is COC(=O)/C=C(\C)NC(C(=O)NC1C(=O)N2[C@@H]1SC(C)(C)[C@@H]2C(=O)O)c1ccccc1. The second-order valence-electron chi connectivity index (χ2n) is 7.92. The molecule has 0 aliphatic carbocycles. The van der Waals surface area contributed by atoms with E-state index in [0.29, 0.717) is 11.3 Å². The zero-order chi connectivity index (χ0) is 22.9. The number of benzene rings is 1. The number of carbonyl (C=O) groups excluding carboxylic acids is 3. The lowest BCUT2D eigenvalue weighted by Crippen LogP contribution is -2.71. The number of nitrogens with one attached hydrogen (secondary N) is 2. The van der Waals surface area contributed by atoms with Crippen molar-refractivity contribution in [2.45, 2.75) is 49.0 Å². The number of fused-ring (bicyclic) bond motifs is 1. The predicted molar refractivity (Wildman–Crippen MR) is 114 cm³/mol. The van der Waals surface area contributed by atoms with Crippen molar-refractivity contribution in [3.8, 4) is 0 Å². The number of amides is 2. The van der Waals surface area contributed by atoms with Crippen LogP contribution in [0.3, 0.4) is 0 Å². The van der Waals surface area contributed by atoms with Crippen molar-refractivity contribution in [1.29, 1.82) is 0 Å². The molecule has 2 unspecified atom stereocenters. The second-order valence-corrected chi connectivity index (χ2v) is 9.69. The molecule has 0 saturated carbocycles. The van der Waals surface area contributed by atoms with E-state index in [2.05, 4.69) is 15.4 Å². The molecular weight excluding hydrogens is 422 g/mol. The molecule has 3 rings (SSSR count). The van der Waals surface area contributed by atoms with Gasteiger partial charge < -0.3 is 25.4 Å². The first-order valence-electron chi connectivity index (χ1n) is 9.67. The van der Waals surface area contributed by atoms with Crippen molar-refractivity contribution < 1.29 is 29.0 Å². The summed E-state index contributed by atoms with van der Waals surface area (Å²) in [5.74, 6) is -2.51. The molecule has 2 fully saturated rings. The highest BCUT2D eigenvalue weighted by atomic mass is 32.2. The number of carboxylic acids is 1. The molecule has 3 N–H and O–H groups in total. The van der Waals surface area contributed by atoms with E-state index < -0.39 is 52.0 Å². The summed E-state index contributed by atoms with van der Waals surface area (Å²) in [7, 11) is 1.26. The molecule has 1 aromatic carbocycles. The van der Waals surface area contributed by atoms with Crippen LogP contribution in [0.25, 0.3) is 0 Å². The van der Waals surface area contributed by atoms with E-state index in [4.69, 9.17) is 0 Å². The first kappa shape index (κ1) is 22.7. The van der Waals surface area contributed by atoms with Crippen molar-refractivity contribution in [2.24, 2.45) is 0 Å². The standard InChI is InChI=1S/C21H25N3O6S/c1-11(10-13(25)30-4)22-14(12-8-6-5-7-9-12)17(26)23-15-18(27)24-16(20(28)29)21(2,3)31-19(15)24/h5-10,14-16,19,22H,1-4H3,(H,23,26)(H,28,29)/b11-10+/t14?,15?,16-,19+/m0/s1. The zero-order valence-electron chi connectivity index (χ0n) is 17.6. The van der Waals surface area contributed by atoms with E-state index in [1.54, 1.807) is 45.0 Å². The molecule has 2 aliphatic heterocycles. The van der Waals surface area contributed by atoms with Gasteiger partial charge in [-0.25, -0.2) is 9.59 Å². The summed E-state index contributed by atoms with van der Waals surface area (Å²) in [6, 6.07) is 6.25. The topological polar surface area (TPSA) is 125 Å². The molecule has 2 amide bonds. The van der Waals surface area contributed by atoms with Gasteiger partial charge >= 0.3 is 11.9 Å². The van der Waals surface area contributed by atoms with E-state index in [1.165, 1.54) is 29.8 Å². The largest absolute Gasteiger partial charge is 0.480 e. The van der Waals surface area contributed by atoms with Gasteiger partial charge in [-0.2, -0.15) is 0 Å². The third-order valence-electron chi connectivity index (χ3n) is 5.28. The zero-order valence-corrected chi connectivity index (χ0v) is 18.4. The van der Waals surface area contributed by atoms with E-state index in [1.807, 2.05) is 6.07 Å². The number of carboxylic acid groups (broad SMARTS) is 1. The molecule has 4 atom stereocenters. The first-order chi connectivity index (χ1) is 14.6. The number of ether oxygens (including phenoxy) is 1. The summed E-state index contributed by atoms with van der Waals surface area (Å²) in [5, 5.41) is 14.8. The van der Waals surface area contributed by atoms with Crippen LogP contribution in [0, 0.1) is 0 Å². The molecule has 0 radical (unpaired) electrons. The lowest BCUT2D eigenvalue weighted by atomic mass is 9.95. The average Bonchev–Trinajstić information content (AvgIpc) is 2.98. The Morgan fingerprint density at radius 3 is 2.48 bits per heavy atom. The molecule has 31 heavy (non-hydrogen) atoms. The van der Waals surface area contributed by atoms with Crippen LogP contribution >= 0.6 is 11.8 Å². The number of aliphatic carboxylic acids is 1. The van der Waals surface area contributed by atoms with E-state index >= 15 is 0 Å². The van der Waals surface area contributed by atoms with Crippen molar-refractivity contribution in [2.75, 3.05) is 7.11 Å².